The van der Waals surface area contributed by atoms with Gasteiger partial charge in [-0.25, -0.2) is 4.39 Å². The van der Waals surface area contributed by atoms with Crippen molar-refractivity contribution in [2.75, 3.05) is 13.7 Å². The van der Waals surface area contributed by atoms with E-state index in [0.29, 0.717) is 11.3 Å². The van der Waals surface area contributed by atoms with Crippen LogP contribution in [0.4, 0.5) is 4.39 Å². The molecule has 0 aliphatic rings. The van der Waals surface area contributed by atoms with Crippen molar-refractivity contribution in [1.29, 1.82) is 0 Å². The molecule has 0 unspecified atom stereocenters. The average Bonchev–Trinajstić information content (AvgIpc) is 2.65. The van der Waals surface area contributed by atoms with E-state index in [0.717, 1.165) is 16.5 Å². The molecule has 3 aromatic rings. The van der Waals surface area contributed by atoms with E-state index in [1.54, 1.807) is 31.4 Å². The average molecular weight is 339 g/mol. The summed E-state index contributed by atoms with van der Waals surface area (Å²) in [5.41, 5.74) is 0.439. The largest absolute Gasteiger partial charge is 0.497 e. The van der Waals surface area contributed by atoms with Crippen LogP contribution in [-0.4, -0.2) is 19.6 Å². The molecule has 3 rings (SSSR count). The fourth-order valence-electron chi connectivity index (χ4n) is 2.46. The number of fused-ring (bicyclic) bond motifs is 1. The maximum atomic E-state index is 13.5. The molecule has 0 aliphatic carbocycles. The first kappa shape index (κ1) is 16.8. The number of nitrogens with one attached hydrogen (secondary N) is 1. The molecule has 128 valence electrons. The van der Waals surface area contributed by atoms with Gasteiger partial charge in [0, 0.05) is 12.1 Å². The third-order valence-electron chi connectivity index (χ3n) is 3.82. The van der Waals surface area contributed by atoms with E-state index in [9.17, 15) is 9.18 Å². The van der Waals surface area contributed by atoms with E-state index in [-0.39, 0.29) is 24.9 Å². The minimum absolute atomic E-state index is 0.129. The Morgan fingerprint density at radius 3 is 2.48 bits per heavy atom. The van der Waals surface area contributed by atoms with E-state index < -0.39 is 0 Å². The van der Waals surface area contributed by atoms with Gasteiger partial charge >= 0.3 is 0 Å². The first-order valence-electron chi connectivity index (χ1n) is 7.86. The summed E-state index contributed by atoms with van der Waals surface area (Å²) < 4.78 is 24.2. The second kappa shape index (κ2) is 7.66. The van der Waals surface area contributed by atoms with Crippen LogP contribution in [0.1, 0.15) is 5.56 Å². The molecule has 3 aromatic carbocycles. The van der Waals surface area contributed by atoms with Crippen LogP contribution in [-0.2, 0) is 11.3 Å². The molecule has 0 bridgehead atoms. The van der Waals surface area contributed by atoms with Crippen LogP contribution in [0.5, 0.6) is 11.5 Å². The summed E-state index contributed by atoms with van der Waals surface area (Å²) in [7, 11) is 1.61. The molecule has 0 aliphatic heterocycles. The Labute approximate surface area is 145 Å². The topological polar surface area (TPSA) is 47.6 Å². The molecule has 4 nitrogen and oxygen atoms in total. The quantitative estimate of drug-likeness (QED) is 0.745. The minimum atomic E-state index is -0.341. The first-order chi connectivity index (χ1) is 12.2. The van der Waals surface area contributed by atoms with E-state index >= 15 is 0 Å². The van der Waals surface area contributed by atoms with Crippen molar-refractivity contribution < 1.29 is 18.7 Å². The van der Waals surface area contributed by atoms with Crippen LogP contribution in [0.2, 0.25) is 0 Å². The highest BCUT2D eigenvalue weighted by Gasteiger charge is 2.06. The SMILES string of the molecule is COc1ccc2ccc(OCC(=O)NCc3ccccc3F)cc2c1. The molecule has 0 spiro atoms. The zero-order valence-corrected chi connectivity index (χ0v) is 13.8. The van der Waals surface area contributed by atoms with Crippen LogP contribution in [0, 0.1) is 5.82 Å². The number of benzene rings is 3. The van der Waals surface area contributed by atoms with E-state index in [1.807, 2.05) is 30.3 Å². The van der Waals surface area contributed by atoms with Gasteiger partial charge in [-0.3, -0.25) is 4.79 Å². The second-order valence-corrected chi connectivity index (χ2v) is 5.53. The summed E-state index contributed by atoms with van der Waals surface area (Å²) >= 11 is 0. The van der Waals surface area contributed by atoms with Gasteiger partial charge in [-0.05, 0) is 41.1 Å². The van der Waals surface area contributed by atoms with E-state index in [2.05, 4.69) is 5.32 Å². The Balaban J connectivity index is 1.58. The number of hydrogen-bond acceptors (Lipinski definition) is 3. The Bertz CT molecular complexity index is 895. The first-order valence-corrected chi connectivity index (χ1v) is 7.86. The Kier molecular flexibility index (Phi) is 5.14. The fraction of sp³-hybridized carbons (Fsp3) is 0.150. The number of halogens is 1. The molecule has 0 aromatic heterocycles. The monoisotopic (exact) mass is 339 g/mol. The van der Waals surface area contributed by atoms with E-state index in [1.165, 1.54) is 6.07 Å². The highest BCUT2D eigenvalue weighted by Crippen LogP contribution is 2.24. The van der Waals surface area contributed by atoms with Gasteiger partial charge in [0.2, 0.25) is 0 Å². The van der Waals surface area contributed by atoms with Crippen molar-refractivity contribution in [1.82, 2.24) is 5.32 Å². The van der Waals surface area contributed by atoms with Gasteiger partial charge in [0.25, 0.3) is 5.91 Å². The van der Waals surface area contributed by atoms with Gasteiger partial charge in [-0.15, -0.1) is 0 Å². The van der Waals surface area contributed by atoms with E-state index in [4.69, 9.17) is 9.47 Å². The molecule has 0 atom stereocenters. The normalized spacial score (nSPS) is 10.5. The zero-order chi connectivity index (χ0) is 17.6. The van der Waals surface area contributed by atoms with Crippen LogP contribution < -0.4 is 14.8 Å². The van der Waals surface area contributed by atoms with Crippen LogP contribution in [0.25, 0.3) is 10.8 Å². The Morgan fingerprint density at radius 1 is 1.00 bits per heavy atom. The number of carbonyl (C=O) groups excluding carboxylic acids is 1. The lowest BCUT2D eigenvalue weighted by atomic mass is 10.1. The summed E-state index contributed by atoms with van der Waals surface area (Å²) in [5.74, 6) is 0.690. The molecule has 1 amide bonds. The highest BCUT2D eigenvalue weighted by molar-refractivity contribution is 5.85. The molecule has 1 N–H and O–H groups in total. The van der Waals surface area contributed by atoms with Crippen molar-refractivity contribution in [2.45, 2.75) is 6.54 Å². The van der Waals surface area contributed by atoms with Crippen LogP contribution in [0.15, 0.2) is 60.7 Å². The van der Waals surface area contributed by atoms with Gasteiger partial charge in [-0.2, -0.15) is 0 Å². The predicted molar refractivity (Wildman–Crippen MR) is 94.2 cm³/mol. The summed E-state index contributed by atoms with van der Waals surface area (Å²) in [6, 6.07) is 17.7. The molecule has 25 heavy (non-hydrogen) atoms. The number of methoxy groups -OCH3 is 1. The van der Waals surface area contributed by atoms with Gasteiger partial charge in [0.1, 0.15) is 17.3 Å². The standard InChI is InChI=1S/C20H18FNO3/c1-24-17-8-6-14-7-9-18(11-16(14)10-17)25-13-20(23)22-12-15-4-2-3-5-19(15)21/h2-11H,12-13H2,1H3,(H,22,23). The minimum Gasteiger partial charge on any atom is -0.497 e. The summed E-state index contributed by atoms with van der Waals surface area (Å²) in [4.78, 5) is 11.9. The smallest absolute Gasteiger partial charge is 0.258 e. The Hall–Kier alpha value is -3.08. The third-order valence-corrected chi connectivity index (χ3v) is 3.82. The molecule has 0 fully saturated rings. The molecule has 0 saturated carbocycles. The lowest BCUT2D eigenvalue weighted by Crippen LogP contribution is -2.28. The molecule has 0 saturated heterocycles. The van der Waals surface area contributed by atoms with Crippen LogP contribution in [0.3, 0.4) is 0 Å². The number of carbonyl (C=O) groups is 1. The maximum Gasteiger partial charge on any atom is 0.258 e. The van der Waals surface area contributed by atoms with Crippen molar-refractivity contribution in [2.24, 2.45) is 0 Å². The highest BCUT2D eigenvalue weighted by atomic mass is 19.1. The van der Waals surface area contributed by atoms with Gasteiger partial charge in [0.05, 0.1) is 7.11 Å². The van der Waals surface area contributed by atoms with Gasteiger partial charge in [-0.1, -0.05) is 30.3 Å². The van der Waals surface area contributed by atoms with Crippen molar-refractivity contribution in [3.8, 4) is 11.5 Å². The summed E-state index contributed by atoms with van der Waals surface area (Å²) in [5, 5.41) is 4.66. The predicted octanol–water partition coefficient (Wildman–Crippen LogP) is 3.68. The van der Waals surface area contributed by atoms with Crippen molar-refractivity contribution >= 4 is 16.7 Å². The molecule has 0 radical (unpaired) electrons. The molecule has 5 heteroatoms. The summed E-state index contributed by atoms with van der Waals surface area (Å²) in [6.45, 7) is -0.00624. The molecular formula is C20H18FNO3. The van der Waals surface area contributed by atoms with Crippen molar-refractivity contribution in [3.05, 3.63) is 72.0 Å². The van der Waals surface area contributed by atoms with Gasteiger partial charge < -0.3 is 14.8 Å². The Morgan fingerprint density at radius 2 is 1.72 bits per heavy atom. The lowest BCUT2D eigenvalue weighted by Gasteiger charge is -2.09. The zero-order valence-electron chi connectivity index (χ0n) is 13.8. The lowest BCUT2D eigenvalue weighted by molar-refractivity contribution is -0.123. The molecular weight excluding hydrogens is 321 g/mol. The number of ether oxygens (including phenoxy) is 2. The fourth-order valence-corrected chi connectivity index (χ4v) is 2.46. The van der Waals surface area contributed by atoms with Crippen molar-refractivity contribution in [3.63, 3.8) is 0 Å². The van der Waals surface area contributed by atoms with Crippen LogP contribution >= 0.6 is 0 Å². The summed E-state index contributed by atoms with van der Waals surface area (Å²) in [6.07, 6.45) is 0. The maximum absolute atomic E-state index is 13.5. The number of amides is 1. The number of hydrogen-bond donors (Lipinski definition) is 1. The third kappa shape index (κ3) is 4.26. The number of rotatable bonds is 6. The van der Waals surface area contributed by atoms with Gasteiger partial charge in [0.15, 0.2) is 6.61 Å². The second-order valence-electron chi connectivity index (χ2n) is 5.53. The molecule has 0 heterocycles.